The number of benzene rings is 2. The highest BCUT2D eigenvalue weighted by molar-refractivity contribution is 7.89. The number of hydrogen-bond acceptors (Lipinski definition) is 4. The zero-order chi connectivity index (χ0) is 18.0. The minimum atomic E-state index is -3.50. The Labute approximate surface area is 146 Å². The van der Waals surface area contributed by atoms with Crippen LogP contribution in [0.5, 0.6) is 5.75 Å². The van der Waals surface area contributed by atoms with Crippen molar-refractivity contribution in [2.45, 2.75) is 24.2 Å². The van der Waals surface area contributed by atoms with Crippen molar-refractivity contribution in [2.24, 2.45) is 0 Å². The summed E-state index contributed by atoms with van der Waals surface area (Å²) in [4.78, 5) is 11.3. The summed E-state index contributed by atoms with van der Waals surface area (Å²) in [6.07, 6.45) is 2.80. The van der Waals surface area contributed by atoms with Crippen LogP contribution < -0.4 is 0 Å². The van der Waals surface area contributed by atoms with Gasteiger partial charge in [-0.05, 0) is 54.3 Å². The summed E-state index contributed by atoms with van der Waals surface area (Å²) in [5, 5.41) is 18.8. The van der Waals surface area contributed by atoms with Crippen molar-refractivity contribution in [1.29, 1.82) is 0 Å². The lowest BCUT2D eigenvalue weighted by atomic mass is 10.0. The number of carboxylic acids is 1. The van der Waals surface area contributed by atoms with Crippen LogP contribution in [0.4, 0.5) is 0 Å². The lowest BCUT2D eigenvalue weighted by molar-refractivity contribution is 0.0696. The highest BCUT2D eigenvalue weighted by Crippen LogP contribution is 2.28. The molecule has 0 radical (unpaired) electrons. The Morgan fingerprint density at radius 1 is 0.920 bits per heavy atom. The largest absolute Gasteiger partial charge is 0.508 e. The van der Waals surface area contributed by atoms with Crippen LogP contribution in [0.3, 0.4) is 0 Å². The molecule has 25 heavy (non-hydrogen) atoms. The van der Waals surface area contributed by atoms with Gasteiger partial charge in [-0.3, -0.25) is 0 Å². The maximum Gasteiger partial charge on any atom is 0.335 e. The highest BCUT2D eigenvalue weighted by Gasteiger charge is 2.25. The summed E-state index contributed by atoms with van der Waals surface area (Å²) in [6.45, 7) is 1.08. The van der Waals surface area contributed by atoms with E-state index in [0.717, 1.165) is 19.3 Å². The molecule has 6 nitrogen and oxygen atoms in total. The lowest BCUT2D eigenvalue weighted by Crippen LogP contribution is -2.35. The Bertz CT molecular complexity index is 884. The molecule has 1 heterocycles. The number of phenolic OH excluding ortho intramolecular Hbond substituents is 1. The summed E-state index contributed by atoms with van der Waals surface area (Å²) >= 11 is 0. The topological polar surface area (TPSA) is 94.9 Å². The van der Waals surface area contributed by atoms with Gasteiger partial charge in [0.2, 0.25) is 10.0 Å². The van der Waals surface area contributed by atoms with Crippen LogP contribution >= 0.6 is 0 Å². The number of aromatic carboxylic acids is 1. The maximum atomic E-state index is 12.6. The van der Waals surface area contributed by atoms with E-state index in [2.05, 4.69) is 0 Å². The molecule has 0 spiro atoms. The second kappa shape index (κ2) is 6.85. The Balaban J connectivity index is 1.91. The summed E-state index contributed by atoms with van der Waals surface area (Å²) in [6, 6.07) is 10.3. The molecular formula is C18H19NO5S. The molecule has 1 saturated heterocycles. The molecule has 0 aliphatic carbocycles. The van der Waals surface area contributed by atoms with E-state index in [4.69, 9.17) is 5.11 Å². The van der Waals surface area contributed by atoms with Crippen molar-refractivity contribution in [2.75, 3.05) is 13.1 Å². The molecule has 2 N–H and O–H groups in total. The second-order valence-electron chi connectivity index (χ2n) is 6.06. The number of sulfonamides is 1. The molecule has 0 saturated carbocycles. The third-order valence-electron chi connectivity index (χ3n) is 4.31. The summed E-state index contributed by atoms with van der Waals surface area (Å²) in [5.41, 5.74) is 1.12. The maximum absolute atomic E-state index is 12.6. The number of aromatic hydroxyl groups is 1. The van der Waals surface area contributed by atoms with Gasteiger partial charge in [0.25, 0.3) is 0 Å². The smallest absolute Gasteiger partial charge is 0.335 e. The average Bonchev–Trinajstić information content (AvgIpc) is 2.62. The molecule has 2 aromatic carbocycles. The zero-order valence-corrected chi connectivity index (χ0v) is 14.4. The van der Waals surface area contributed by atoms with Crippen LogP contribution in [0, 0.1) is 0 Å². The predicted octanol–water partition coefficient (Wildman–Crippen LogP) is 2.93. The van der Waals surface area contributed by atoms with E-state index in [-0.39, 0.29) is 16.2 Å². The molecule has 7 heteroatoms. The van der Waals surface area contributed by atoms with Crippen molar-refractivity contribution in [1.82, 2.24) is 4.31 Å². The van der Waals surface area contributed by atoms with E-state index in [9.17, 15) is 18.3 Å². The van der Waals surface area contributed by atoms with Gasteiger partial charge >= 0.3 is 5.97 Å². The molecule has 0 atom stereocenters. The van der Waals surface area contributed by atoms with E-state index in [1.807, 2.05) is 0 Å². The fraction of sp³-hybridized carbons (Fsp3) is 0.278. The molecule has 0 bridgehead atoms. The molecule has 1 aliphatic heterocycles. The number of piperidine rings is 1. The lowest BCUT2D eigenvalue weighted by Gasteiger charge is -2.25. The summed E-state index contributed by atoms with van der Waals surface area (Å²) in [7, 11) is -3.50. The standard InChI is InChI=1S/C18H19NO5S/c20-16-11-14(10-15(12-16)18(21)22)13-4-6-17(7-5-13)25(23,24)19-8-2-1-3-9-19/h4-7,10-12,20H,1-3,8-9H2,(H,21,22). The van der Waals surface area contributed by atoms with E-state index in [1.54, 1.807) is 12.1 Å². The first-order valence-corrected chi connectivity index (χ1v) is 9.50. The number of hydrogen-bond donors (Lipinski definition) is 2. The van der Waals surface area contributed by atoms with E-state index in [0.29, 0.717) is 24.2 Å². The Hall–Kier alpha value is -2.38. The normalized spacial score (nSPS) is 15.8. The third kappa shape index (κ3) is 3.67. The molecule has 2 aromatic rings. The third-order valence-corrected chi connectivity index (χ3v) is 6.22. The molecule has 0 amide bonds. The van der Waals surface area contributed by atoms with Crippen LogP contribution in [0.2, 0.25) is 0 Å². The minimum Gasteiger partial charge on any atom is -0.508 e. The monoisotopic (exact) mass is 361 g/mol. The van der Waals surface area contributed by atoms with Gasteiger partial charge in [-0.15, -0.1) is 0 Å². The fourth-order valence-electron chi connectivity index (χ4n) is 2.97. The Morgan fingerprint density at radius 2 is 1.56 bits per heavy atom. The number of carbonyl (C=O) groups is 1. The van der Waals surface area contributed by atoms with Crippen LogP contribution in [0.25, 0.3) is 11.1 Å². The van der Waals surface area contributed by atoms with Gasteiger partial charge in [0, 0.05) is 13.1 Å². The van der Waals surface area contributed by atoms with Crippen molar-refractivity contribution in [3.63, 3.8) is 0 Å². The van der Waals surface area contributed by atoms with Crippen molar-refractivity contribution >= 4 is 16.0 Å². The molecule has 3 rings (SSSR count). The molecule has 1 aliphatic rings. The van der Waals surface area contributed by atoms with Crippen molar-refractivity contribution < 1.29 is 23.4 Å². The van der Waals surface area contributed by atoms with Crippen molar-refractivity contribution in [3.8, 4) is 16.9 Å². The van der Waals surface area contributed by atoms with E-state index < -0.39 is 16.0 Å². The van der Waals surface area contributed by atoms with Gasteiger partial charge in [0.15, 0.2) is 0 Å². The van der Waals surface area contributed by atoms with E-state index in [1.165, 1.54) is 34.6 Å². The first-order chi connectivity index (χ1) is 11.9. The molecule has 0 aromatic heterocycles. The molecule has 0 unspecified atom stereocenters. The molecular weight excluding hydrogens is 342 g/mol. The van der Waals surface area contributed by atoms with Gasteiger partial charge < -0.3 is 10.2 Å². The average molecular weight is 361 g/mol. The van der Waals surface area contributed by atoms with Gasteiger partial charge in [-0.1, -0.05) is 18.6 Å². The highest BCUT2D eigenvalue weighted by atomic mass is 32.2. The van der Waals surface area contributed by atoms with Gasteiger partial charge in [0.05, 0.1) is 10.5 Å². The van der Waals surface area contributed by atoms with Gasteiger partial charge in [0.1, 0.15) is 5.75 Å². The van der Waals surface area contributed by atoms with Gasteiger partial charge in [-0.2, -0.15) is 4.31 Å². The van der Waals surface area contributed by atoms with E-state index >= 15 is 0 Å². The first-order valence-electron chi connectivity index (χ1n) is 8.06. The quantitative estimate of drug-likeness (QED) is 0.873. The van der Waals surface area contributed by atoms with Crippen LogP contribution in [0.15, 0.2) is 47.4 Å². The molecule has 1 fully saturated rings. The number of nitrogens with zero attached hydrogens (tertiary/aromatic N) is 1. The SMILES string of the molecule is O=C(O)c1cc(O)cc(-c2ccc(S(=O)(=O)N3CCCCC3)cc2)c1. The number of rotatable bonds is 4. The van der Waals surface area contributed by atoms with Crippen molar-refractivity contribution in [3.05, 3.63) is 48.0 Å². The summed E-state index contributed by atoms with van der Waals surface area (Å²) in [5.74, 6) is -1.29. The number of carboxylic acid groups (broad SMARTS) is 1. The zero-order valence-electron chi connectivity index (χ0n) is 13.6. The van der Waals surface area contributed by atoms with Crippen LogP contribution in [-0.4, -0.2) is 42.0 Å². The fourth-order valence-corrected chi connectivity index (χ4v) is 4.49. The first kappa shape index (κ1) is 17.4. The predicted molar refractivity (Wildman–Crippen MR) is 93.1 cm³/mol. The van der Waals surface area contributed by atoms with Gasteiger partial charge in [-0.25, -0.2) is 13.2 Å². The molecule has 132 valence electrons. The Morgan fingerprint density at radius 3 is 2.16 bits per heavy atom. The minimum absolute atomic E-state index is 0.0278. The van der Waals surface area contributed by atoms with Crippen LogP contribution in [0.1, 0.15) is 29.6 Å². The van der Waals surface area contributed by atoms with Crippen LogP contribution in [-0.2, 0) is 10.0 Å². The second-order valence-corrected chi connectivity index (χ2v) is 8.00. The Kier molecular flexibility index (Phi) is 4.78. The summed E-state index contributed by atoms with van der Waals surface area (Å²) < 4.78 is 26.8. The number of phenols is 1.